The fourth-order valence-electron chi connectivity index (χ4n) is 2.72. The van der Waals surface area contributed by atoms with Gasteiger partial charge in [-0.15, -0.1) is 0 Å². The van der Waals surface area contributed by atoms with Crippen LogP contribution in [0.1, 0.15) is 5.56 Å². The second-order valence-electron chi connectivity index (χ2n) is 6.00. The number of fused-ring (bicyclic) bond motifs is 1. The zero-order valence-electron chi connectivity index (χ0n) is 14.5. The summed E-state index contributed by atoms with van der Waals surface area (Å²) in [6, 6.07) is 16.6. The van der Waals surface area contributed by atoms with E-state index in [-0.39, 0.29) is 18.1 Å². The summed E-state index contributed by atoms with van der Waals surface area (Å²) in [4.78, 5) is 26.1. The van der Waals surface area contributed by atoms with Crippen LogP contribution in [-0.4, -0.2) is 24.1 Å². The minimum atomic E-state index is -0.185. The van der Waals surface area contributed by atoms with Crippen LogP contribution in [0.3, 0.4) is 0 Å². The van der Waals surface area contributed by atoms with Crippen LogP contribution < -0.4 is 15.2 Å². The number of carbonyl (C=O) groups is 1. The van der Waals surface area contributed by atoms with Gasteiger partial charge in [-0.2, -0.15) is 0 Å². The van der Waals surface area contributed by atoms with Crippen LogP contribution in [0.4, 0.5) is 5.69 Å². The number of anilines is 1. The fraction of sp³-hybridized carbons (Fsp3) is 0.200. The largest absolute Gasteiger partial charge is 0.483 e. The lowest BCUT2D eigenvalue weighted by Crippen LogP contribution is -2.31. The molecule has 3 aromatic rings. The maximum Gasteiger partial charge on any atom is 0.264 e. The maximum atomic E-state index is 12.4. The van der Waals surface area contributed by atoms with Crippen LogP contribution in [0.2, 0.25) is 0 Å². The molecule has 1 aromatic heterocycles. The summed E-state index contributed by atoms with van der Waals surface area (Å²) >= 11 is 0. The van der Waals surface area contributed by atoms with Crippen molar-refractivity contribution in [2.75, 3.05) is 18.6 Å². The molecule has 0 saturated carbocycles. The van der Waals surface area contributed by atoms with E-state index in [4.69, 9.17) is 4.74 Å². The third-order valence-electron chi connectivity index (χ3n) is 4.23. The number of aromatic nitrogens is 1. The van der Waals surface area contributed by atoms with Crippen molar-refractivity contribution in [3.05, 3.63) is 70.5 Å². The topological polar surface area (TPSA) is 51.5 Å². The number of para-hydroxylation sites is 1. The SMILES string of the molecule is Cc1cccc(N(C)C(=O)COc2cc(=O)n(C)c3ccccc23)c1. The molecule has 5 nitrogen and oxygen atoms in total. The van der Waals surface area contributed by atoms with Crippen LogP contribution in [0, 0.1) is 6.92 Å². The third kappa shape index (κ3) is 3.40. The lowest BCUT2D eigenvalue weighted by atomic mass is 10.2. The first kappa shape index (κ1) is 16.8. The van der Waals surface area contributed by atoms with E-state index in [1.807, 2.05) is 55.5 Å². The fourth-order valence-corrected chi connectivity index (χ4v) is 2.72. The minimum absolute atomic E-state index is 0.137. The standard InChI is InChI=1S/C20H20N2O3/c1-14-7-6-8-15(11-14)21(2)20(24)13-25-18-12-19(23)22(3)17-10-5-4-9-16(17)18/h4-12H,13H2,1-3H3. The quantitative estimate of drug-likeness (QED) is 0.736. The number of hydrogen-bond donors (Lipinski definition) is 0. The Bertz CT molecular complexity index is 992. The number of ether oxygens (including phenoxy) is 1. The highest BCUT2D eigenvalue weighted by Gasteiger charge is 2.14. The molecule has 0 spiro atoms. The molecule has 2 aromatic carbocycles. The summed E-state index contributed by atoms with van der Waals surface area (Å²) in [5, 5.41) is 0.801. The molecule has 0 bridgehead atoms. The molecule has 0 aliphatic heterocycles. The average Bonchev–Trinajstić information content (AvgIpc) is 2.62. The highest BCUT2D eigenvalue weighted by molar-refractivity contribution is 5.94. The minimum Gasteiger partial charge on any atom is -0.483 e. The summed E-state index contributed by atoms with van der Waals surface area (Å²) in [6.07, 6.45) is 0. The second kappa shape index (κ2) is 6.81. The van der Waals surface area contributed by atoms with E-state index >= 15 is 0 Å². The molecule has 128 valence electrons. The number of likely N-dealkylation sites (N-methyl/N-ethyl adjacent to an activating group) is 1. The van der Waals surface area contributed by atoms with Gasteiger partial charge >= 0.3 is 0 Å². The molecule has 5 heteroatoms. The van der Waals surface area contributed by atoms with Gasteiger partial charge in [0, 0.05) is 31.2 Å². The molecule has 0 unspecified atom stereocenters. The monoisotopic (exact) mass is 336 g/mol. The summed E-state index contributed by atoms with van der Waals surface area (Å²) in [5.41, 5.74) is 2.48. The molecule has 3 rings (SSSR count). The van der Waals surface area contributed by atoms with Crippen LogP contribution in [-0.2, 0) is 11.8 Å². The van der Waals surface area contributed by atoms with Gasteiger partial charge in [0.2, 0.25) is 0 Å². The number of nitrogens with zero attached hydrogens (tertiary/aromatic N) is 2. The number of benzene rings is 2. The Morgan fingerprint density at radius 3 is 2.64 bits per heavy atom. The van der Waals surface area contributed by atoms with Gasteiger partial charge in [0.1, 0.15) is 5.75 Å². The predicted molar refractivity (Wildman–Crippen MR) is 99.3 cm³/mol. The molecule has 0 saturated heterocycles. The van der Waals surface area contributed by atoms with Crippen LogP contribution in [0.25, 0.3) is 10.9 Å². The number of aryl methyl sites for hydroxylation is 2. The van der Waals surface area contributed by atoms with Crippen molar-refractivity contribution < 1.29 is 9.53 Å². The van der Waals surface area contributed by atoms with Gasteiger partial charge in [-0.1, -0.05) is 24.3 Å². The zero-order valence-corrected chi connectivity index (χ0v) is 14.5. The Morgan fingerprint density at radius 1 is 1.12 bits per heavy atom. The average molecular weight is 336 g/mol. The van der Waals surface area contributed by atoms with Gasteiger partial charge in [-0.3, -0.25) is 9.59 Å². The molecule has 0 aliphatic rings. The van der Waals surface area contributed by atoms with Gasteiger partial charge in [0.15, 0.2) is 6.61 Å². The molecule has 0 N–H and O–H groups in total. The van der Waals surface area contributed by atoms with Crippen molar-refractivity contribution in [1.29, 1.82) is 0 Å². The van der Waals surface area contributed by atoms with E-state index in [9.17, 15) is 9.59 Å². The molecule has 0 radical (unpaired) electrons. The van der Waals surface area contributed by atoms with E-state index in [0.29, 0.717) is 5.75 Å². The number of hydrogen-bond acceptors (Lipinski definition) is 3. The number of rotatable bonds is 4. The van der Waals surface area contributed by atoms with Crippen molar-refractivity contribution in [2.24, 2.45) is 7.05 Å². The van der Waals surface area contributed by atoms with Gasteiger partial charge in [0.25, 0.3) is 11.5 Å². The Balaban J connectivity index is 1.82. The Labute approximate surface area is 146 Å². The maximum absolute atomic E-state index is 12.4. The normalized spacial score (nSPS) is 10.7. The van der Waals surface area contributed by atoms with Gasteiger partial charge in [0.05, 0.1) is 5.52 Å². The molecule has 0 aliphatic carbocycles. The molecular weight excluding hydrogens is 316 g/mol. The Hall–Kier alpha value is -3.08. The van der Waals surface area contributed by atoms with Crippen LogP contribution in [0.15, 0.2) is 59.4 Å². The molecule has 0 atom stereocenters. The van der Waals surface area contributed by atoms with Crippen molar-refractivity contribution in [3.63, 3.8) is 0 Å². The van der Waals surface area contributed by atoms with Crippen molar-refractivity contribution in [3.8, 4) is 5.75 Å². The van der Waals surface area contributed by atoms with Gasteiger partial charge in [-0.05, 0) is 36.8 Å². The highest BCUT2D eigenvalue weighted by atomic mass is 16.5. The molecular formula is C20H20N2O3. The summed E-state index contributed by atoms with van der Waals surface area (Å²) in [7, 11) is 3.42. The first-order valence-corrected chi connectivity index (χ1v) is 8.02. The van der Waals surface area contributed by atoms with E-state index in [1.54, 1.807) is 23.6 Å². The van der Waals surface area contributed by atoms with Crippen LogP contribution in [0.5, 0.6) is 5.75 Å². The lowest BCUT2D eigenvalue weighted by Gasteiger charge is -2.18. The number of amides is 1. The number of pyridine rings is 1. The molecule has 0 fully saturated rings. The Morgan fingerprint density at radius 2 is 1.88 bits per heavy atom. The van der Waals surface area contributed by atoms with E-state index in [2.05, 4.69) is 0 Å². The van der Waals surface area contributed by atoms with Crippen molar-refractivity contribution >= 4 is 22.5 Å². The van der Waals surface area contributed by atoms with E-state index < -0.39 is 0 Å². The molecule has 1 heterocycles. The molecule has 1 amide bonds. The van der Waals surface area contributed by atoms with E-state index in [0.717, 1.165) is 22.2 Å². The zero-order chi connectivity index (χ0) is 18.0. The Kier molecular flexibility index (Phi) is 4.57. The summed E-state index contributed by atoms with van der Waals surface area (Å²) in [5.74, 6) is 0.236. The predicted octanol–water partition coefficient (Wildman–Crippen LogP) is 2.89. The smallest absolute Gasteiger partial charge is 0.264 e. The number of carbonyl (C=O) groups excluding carboxylic acids is 1. The van der Waals surface area contributed by atoms with E-state index in [1.165, 1.54) is 6.07 Å². The lowest BCUT2D eigenvalue weighted by molar-refractivity contribution is -0.120. The summed E-state index contributed by atoms with van der Waals surface area (Å²) < 4.78 is 7.24. The first-order valence-electron chi connectivity index (χ1n) is 8.02. The highest BCUT2D eigenvalue weighted by Crippen LogP contribution is 2.23. The first-order chi connectivity index (χ1) is 12.0. The molecule has 25 heavy (non-hydrogen) atoms. The third-order valence-corrected chi connectivity index (χ3v) is 4.23. The second-order valence-corrected chi connectivity index (χ2v) is 6.00. The summed E-state index contributed by atoms with van der Waals surface area (Å²) in [6.45, 7) is 1.84. The van der Waals surface area contributed by atoms with Crippen LogP contribution >= 0.6 is 0 Å². The van der Waals surface area contributed by atoms with Gasteiger partial charge in [-0.25, -0.2) is 0 Å². The van der Waals surface area contributed by atoms with Crippen molar-refractivity contribution in [1.82, 2.24) is 4.57 Å². The van der Waals surface area contributed by atoms with Gasteiger partial charge < -0.3 is 14.2 Å². The van der Waals surface area contributed by atoms with Crippen molar-refractivity contribution in [2.45, 2.75) is 6.92 Å².